The molecule has 3 rings (SSSR count). The van der Waals surface area contributed by atoms with Crippen LogP contribution in [0.4, 0.5) is 5.69 Å². The molecule has 2 aromatic rings. The van der Waals surface area contributed by atoms with E-state index in [0.717, 1.165) is 35.7 Å². The van der Waals surface area contributed by atoms with Crippen LogP contribution in [-0.4, -0.2) is 21.8 Å². The van der Waals surface area contributed by atoms with Gasteiger partial charge in [0.25, 0.3) is 5.91 Å². The first-order chi connectivity index (χ1) is 11.0. The number of anilines is 1. The minimum atomic E-state index is -0.127. The molecule has 0 unspecified atom stereocenters. The fraction of sp³-hybridized carbons (Fsp3) is 0.444. The maximum atomic E-state index is 12.4. The van der Waals surface area contributed by atoms with Crippen molar-refractivity contribution in [2.45, 2.75) is 45.6 Å². The normalized spacial score (nSPS) is 14.9. The third-order valence-electron chi connectivity index (χ3n) is 4.45. The van der Waals surface area contributed by atoms with Crippen LogP contribution in [0, 0.1) is 13.8 Å². The minimum Gasteiger partial charge on any atom is -0.490 e. The third kappa shape index (κ3) is 3.38. The molecule has 122 valence electrons. The molecule has 0 saturated heterocycles. The molecule has 1 N–H and O–H groups in total. The summed E-state index contributed by atoms with van der Waals surface area (Å²) in [6.45, 7) is 3.74. The third-order valence-corrected chi connectivity index (χ3v) is 4.45. The van der Waals surface area contributed by atoms with Crippen LogP contribution in [0.15, 0.2) is 24.3 Å². The molecule has 1 fully saturated rings. The van der Waals surface area contributed by atoms with Gasteiger partial charge in [0.05, 0.1) is 17.4 Å². The summed E-state index contributed by atoms with van der Waals surface area (Å²) in [5, 5.41) is 7.21. The summed E-state index contributed by atoms with van der Waals surface area (Å²) in [6, 6.07) is 7.58. The van der Waals surface area contributed by atoms with Crippen molar-refractivity contribution in [1.29, 1.82) is 0 Å². The first-order valence-corrected chi connectivity index (χ1v) is 8.13. The number of ether oxygens (including phenoxy) is 1. The Balaban J connectivity index is 1.66. The number of hydrogen-bond donors (Lipinski definition) is 1. The van der Waals surface area contributed by atoms with Gasteiger partial charge in [0.1, 0.15) is 5.75 Å². The molecule has 23 heavy (non-hydrogen) atoms. The van der Waals surface area contributed by atoms with Gasteiger partial charge in [0.2, 0.25) is 0 Å². The van der Waals surface area contributed by atoms with Crippen LogP contribution >= 0.6 is 0 Å². The lowest BCUT2D eigenvalue weighted by Gasteiger charge is -2.13. The van der Waals surface area contributed by atoms with E-state index in [9.17, 15) is 4.79 Å². The topological polar surface area (TPSA) is 56.2 Å². The van der Waals surface area contributed by atoms with E-state index in [-0.39, 0.29) is 5.91 Å². The lowest BCUT2D eigenvalue weighted by molar-refractivity contribution is 0.102. The minimum absolute atomic E-state index is 0.127. The predicted octanol–water partition coefficient (Wildman–Crippen LogP) is 3.61. The highest BCUT2D eigenvalue weighted by molar-refractivity contribution is 6.05. The van der Waals surface area contributed by atoms with E-state index in [4.69, 9.17) is 4.74 Å². The Morgan fingerprint density at radius 2 is 1.87 bits per heavy atom. The van der Waals surface area contributed by atoms with Gasteiger partial charge < -0.3 is 10.1 Å². The molecular weight excluding hydrogens is 290 g/mol. The first-order valence-electron chi connectivity index (χ1n) is 8.13. The molecule has 1 aromatic heterocycles. The van der Waals surface area contributed by atoms with Crippen molar-refractivity contribution in [1.82, 2.24) is 9.78 Å². The monoisotopic (exact) mass is 313 g/mol. The Labute approximate surface area is 136 Å². The largest absolute Gasteiger partial charge is 0.490 e. The summed E-state index contributed by atoms with van der Waals surface area (Å²) in [6.07, 6.45) is 5.12. The Kier molecular flexibility index (Phi) is 4.37. The molecule has 5 heteroatoms. The number of aryl methyl sites for hydroxylation is 2. The van der Waals surface area contributed by atoms with E-state index in [1.165, 1.54) is 12.8 Å². The number of aromatic nitrogens is 2. The second-order valence-corrected chi connectivity index (χ2v) is 6.17. The Bertz CT molecular complexity index is 698. The second kappa shape index (κ2) is 6.44. The number of benzene rings is 1. The van der Waals surface area contributed by atoms with Crippen LogP contribution in [-0.2, 0) is 7.05 Å². The molecule has 0 aliphatic heterocycles. The molecule has 0 bridgehead atoms. The van der Waals surface area contributed by atoms with Crippen molar-refractivity contribution in [2.75, 3.05) is 5.32 Å². The van der Waals surface area contributed by atoms with Gasteiger partial charge in [-0.25, -0.2) is 0 Å². The van der Waals surface area contributed by atoms with Gasteiger partial charge in [0, 0.05) is 18.4 Å². The zero-order valence-electron chi connectivity index (χ0n) is 13.9. The van der Waals surface area contributed by atoms with Gasteiger partial charge >= 0.3 is 0 Å². The summed E-state index contributed by atoms with van der Waals surface area (Å²) in [5.41, 5.74) is 3.00. The zero-order valence-corrected chi connectivity index (χ0v) is 13.9. The van der Waals surface area contributed by atoms with Crippen LogP contribution < -0.4 is 10.1 Å². The predicted molar refractivity (Wildman–Crippen MR) is 90.0 cm³/mol. The van der Waals surface area contributed by atoms with E-state index in [2.05, 4.69) is 10.4 Å². The first kappa shape index (κ1) is 15.6. The highest BCUT2D eigenvalue weighted by atomic mass is 16.5. The molecule has 5 nitrogen and oxygen atoms in total. The van der Waals surface area contributed by atoms with E-state index >= 15 is 0 Å². The summed E-state index contributed by atoms with van der Waals surface area (Å²) in [4.78, 5) is 12.4. The van der Waals surface area contributed by atoms with Gasteiger partial charge in [0.15, 0.2) is 0 Å². The van der Waals surface area contributed by atoms with Gasteiger partial charge in [-0.2, -0.15) is 5.10 Å². The summed E-state index contributed by atoms with van der Waals surface area (Å²) >= 11 is 0. The maximum absolute atomic E-state index is 12.4. The summed E-state index contributed by atoms with van der Waals surface area (Å²) in [5.74, 6) is 0.737. The molecule has 0 spiro atoms. The molecule has 1 aromatic carbocycles. The number of rotatable bonds is 4. The van der Waals surface area contributed by atoms with Crippen molar-refractivity contribution in [2.24, 2.45) is 7.05 Å². The average molecular weight is 313 g/mol. The summed E-state index contributed by atoms with van der Waals surface area (Å²) < 4.78 is 7.66. The van der Waals surface area contributed by atoms with Crippen LogP contribution in [0.2, 0.25) is 0 Å². The highest BCUT2D eigenvalue weighted by Crippen LogP contribution is 2.25. The molecule has 1 amide bonds. The number of carbonyl (C=O) groups is 1. The average Bonchev–Trinajstić information content (AvgIpc) is 3.10. The Morgan fingerprint density at radius 3 is 2.43 bits per heavy atom. The molecule has 0 atom stereocenters. The van der Waals surface area contributed by atoms with Crippen LogP contribution in [0.3, 0.4) is 0 Å². The van der Waals surface area contributed by atoms with Crippen LogP contribution in [0.25, 0.3) is 0 Å². The van der Waals surface area contributed by atoms with E-state index in [1.54, 1.807) is 4.68 Å². The molecule has 1 heterocycles. The SMILES string of the molecule is Cc1nn(C)c(C)c1C(=O)Nc1ccc(OC2CCCC2)cc1. The lowest BCUT2D eigenvalue weighted by Crippen LogP contribution is -2.14. The van der Waals surface area contributed by atoms with Gasteiger partial charge in [-0.3, -0.25) is 9.48 Å². The van der Waals surface area contributed by atoms with Crippen molar-refractivity contribution in [3.63, 3.8) is 0 Å². The molecular formula is C18H23N3O2. The van der Waals surface area contributed by atoms with Crippen LogP contribution in [0.1, 0.15) is 47.4 Å². The van der Waals surface area contributed by atoms with Crippen molar-refractivity contribution in [3.05, 3.63) is 41.2 Å². The quantitative estimate of drug-likeness (QED) is 0.938. The fourth-order valence-electron chi connectivity index (χ4n) is 3.11. The maximum Gasteiger partial charge on any atom is 0.259 e. The molecule has 0 radical (unpaired) electrons. The summed E-state index contributed by atoms with van der Waals surface area (Å²) in [7, 11) is 1.84. The van der Waals surface area contributed by atoms with Gasteiger partial charge in [-0.15, -0.1) is 0 Å². The number of nitrogens with one attached hydrogen (secondary N) is 1. The second-order valence-electron chi connectivity index (χ2n) is 6.17. The number of amides is 1. The van der Waals surface area contributed by atoms with Gasteiger partial charge in [-0.05, 0) is 63.8 Å². The van der Waals surface area contributed by atoms with E-state index < -0.39 is 0 Å². The lowest BCUT2D eigenvalue weighted by atomic mass is 10.2. The molecule has 1 aliphatic carbocycles. The van der Waals surface area contributed by atoms with E-state index in [1.807, 2.05) is 45.2 Å². The van der Waals surface area contributed by atoms with Crippen molar-refractivity contribution >= 4 is 11.6 Å². The number of carbonyl (C=O) groups excluding carboxylic acids is 1. The van der Waals surface area contributed by atoms with E-state index in [0.29, 0.717) is 11.7 Å². The number of nitrogens with zero attached hydrogens (tertiary/aromatic N) is 2. The van der Waals surface area contributed by atoms with Crippen molar-refractivity contribution < 1.29 is 9.53 Å². The molecule has 1 saturated carbocycles. The zero-order chi connectivity index (χ0) is 16.4. The Morgan fingerprint density at radius 1 is 1.22 bits per heavy atom. The highest BCUT2D eigenvalue weighted by Gasteiger charge is 2.18. The Hall–Kier alpha value is -2.30. The van der Waals surface area contributed by atoms with Gasteiger partial charge in [-0.1, -0.05) is 0 Å². The molecule has 1 aliphatic rings. The van der Waals surface area contributed by atoms with Crippen LogP contribution in [0.5, 0.6) is 5.75 Å². The fourth-order valence-corrected chi connectivity index (χ4v) is 3.11. The smallest absolute Gasteiger partial charge is 0.259 e. The van der Waals surface area contributed by atoms with Crippen molar-refractivity contribution in [3.8, 4) is 5.75 Å². The standard InChI is InChI=1S/C18H23N3O2/c1-12-17(13(2)21(3)20-12)18(22)19-14-8-10-16(11-9-14)23-15-6-4-5-7-15/h8-11,15H,4-7H2,1-3H3,(H,19,22). The number of hydrogen-bond acceptors (Lipinski definition) is 3.